The van der Waals surface area contributed by atoms with Crippen molar-refractivity contribution >= 4 is 21.8 Å². The molecule has 1 aliphatic heterocycles. The summed E-state index contributed by atoms with van der Waals surface area (Å²) >= 11 is 1.88. The predicted molar refractivity (Wildman–Crippen MR) is 62.2 cm³/mol. The number of rotatable bonds is 5. The van der Waals surface area contributed by atoms with E-state index in [0.717, 1.165) is 12.2 Å². The standard InChI is InChI=1S/C9H19NO2S2/c1-3-7-14(11,12)10-8-9(2)5-4-6-13-9/h10H,3-8H2,1-2H3. The van der Waals surface area contributed by atoms with Crippen molar-refractivity contribution in [1.82, 2.24) is 4.72 Å². The fraction of sp³-hybridized carbons (Fsp3) is 1.00. The molecule has 3 nitrogen and oxygen atoms in total. The summed E-state index contributed by atoms with van der Waals surface area (Å²) in [7, 11) is -3.02. The van der Waals surface area contributed by atoms with Crippen LogP contribution in [0, 0.1) is 0 Å². The van der Waals surface area contributed by atoms with Gasteiger partial charge in [0.25, 0.3) is 0 Å². The lowest BCUT2D eigenvalue weighted by Crippen LogP contribution is -2.37. The minimum atomic E-state index is -3.02. The summed E-state index contributed by atoms with van der Waals surface area (Å²) in [5, 5.41) is 0. The van der Waals surface area contributed by atoms with Gasteiger partial charge in [0.05, 0.1) is 5.75 Å². The lowest BCUT2D eigenvalue weighted by molar-refractivity contribution is 0.551. The van der Waals surface area contributed by atoms with Gasteiger partial charge < -0.3 is 0 Å². The van der Waals surface area contributed by atoms with Crippen LogP contribution in [0.15, 0.2) is 0 Å². The van der Waals surface area contributed by atoms with Crippen molar-refractivity contribution in [1.29, 1.82) is 0 Å². The van der Waals surface area contributed by atoms with Gasteiger partial charge in [-0.3, -0.25) is 0 Å². The van der Waals surface area contributed by atoms with Crippen LogP contribution in [0.3, 0.4) is 0 Å². The molecule has 0 aromatic heterocycles. The van der Waals surface area contributed by atoms with Crippen molar-refractivity contribution < 1.29 is 8.42 Å². The zero-order valence-electron chi connectivity index (χ0n) is 8.88. The van der Waals surface area contributed by atoms with Gasteiger partial charge in [0.15, 0.2) is 0 Å². The van der Waals surface area contributed by atoms with E-state index in [1.807, 2.05) is 18.7 Å². The second kappa shape index (κ2) is 4.86. The molecule has 0 bridgehead atoms. The zero-order chi connectivity index (χ0) is 10.7. The van der Waals surface area contributed by atoms with E-state index in [-0.39, 0.29) is 10.5 Å². The van der Waals surface area contributed by atoms with Gasteiger partial charge in [-0.2, -0.15) is 11.8 Å². The van der Waals surface area contributed by atoms with Crippen LogP contribution >= 0.6 is 11.8 Å². The monoisotopic (exact) mass is 237 g/mol. The van der Waals surface area contributed by atoms with Crippen LogP contribution in [0.2, 0.25) is 0 Å². The maximum atomic E-state index is 11.4. The number of sulfonamides is 1. The number of thioether (sulfide) groups is 1. The lowest BCUT2D eigenvalue weighted by Gasteiger charge is -2.22. The molecule has 0 saturated carbocycles. The van der Waals surface area contributed by atoms with E-state index in [2.05, 4.69) is 11.6 Å². The molecule has 14 heavy (non-hydrogen) atoms. The van der Waals surface area contributed by atoms with E-state index in [9.17, 15) is 8.42 Å². The second-order valence-electron chi connectivity index (χ2n) is 4.04. The Bertz CT molecular complexity index is 269. The topological polar surface area (TPSA) is 46.2 Å². The molecule has 1 rings (SSSR count). The van der Waals surface area contributed by atoms with E-state index in [0.29, 0.717) is 13.0 Å². The highest BCUT2D eigenvalue weighted by atomic mass is 32.2. The van der Waals surface area contributed by atoms with E-state index in [1.165, 1.54) is 6.42 Å². The Kier molecular flexibility index (Phi) is 4.28. The summed E-state index contributed by atoms with van der Waals surface area (Å²) < 4.78 is 25.6. The molecule has 1 fully saturated rings. The number of hydrogen-bond acceptors (Lipinski definition) is 3. The number of hydrogen-bond donors (Lipinski definition) is 1. The zero-order valence-corrected chi connectivity index (χ0v) is 10.5. The van der Waals surface area contributed by atoms with Gasteiger partial charge in [0.1, 0.15) is 0 Å². The maximum Gasteiger partial charge on any atom is 0.211 e. The molecule has 0 amide bonds. The molecule has 1 N–H and O–H groups in total. The van der Waals surface area contributed by atoms with Gasteiger partial charge >= 0.3 is 0 Å². The first-order valence-electron chi connectivity index (χ1n) is 5.09. The fourth-order valence-corrected chi connectivity index (χ4v) is 4.14. The molecule has 1 saturated heterocycles. The molecular weight excluding hydrogens is 218 g/mol. The molecular formula is C9H19NO2S2. The highest BCUT2D eigenvalue weighted by Gasteiger charge is 2.30. The predicted octanol–water partition coefficient (Wildman–Crippen LogP) is 1.60. The molecule has 0 aromatic carbocycles. The summed E-state index contributed by atoms with van der Waals surface area (Å²) in [6.45, 7) is 4.60. The first kappa shape index (κ1) is 12.3. The molecule has 0 radical (unpaired) electrons. The third-order valence-corrected chi connectivity index (χ3v) is 5.51. The summed E-state index contributed by atoms with van der Waals surface area (Å²) in [6, 6.07) is 0. The van der Waals surface area contributed by atoms with Gasteiger partial charge in [-0.15, -0.1) is 0 Å². The molecule has 1 aliphatic rings. The highest BCUT2D eigenvalue weighted by molar-refractivity contribution is 8.01. The van der Waals surface area contributed by atoms with Crippen molar-refractivity contribution in [3.8, 4) is 0 Å². The van der Waals surface area contributed by atoms with Crippen LogP contribution in [0.4, 0.5) is 0 Å². The second-order valence-corrected chi connectivity index (χ2v) is 7.65. The quantitative estimate of drug-likeness (QED) is 0.790. The fourth-order valence-electron chi connectivity index (χ4n) is 1.58. The van der Waals surface area contributed by atoms with Gasteiger partial charge in [-0.1, -0.05) is 6.92 Å². The Morgan fingerprint density at radius 1 is 1.50 bits per heavy atom. The molecule has 0 aromatic rings. The lowest BCUT2D eigenvalue weighted by atomic mass is 10.1. The largest absolute Gasteiger partial charge is 0.214 e. The van der Waals surface area contributed by atoms with E-state index < -0.39 is 10.0 Å². The van der Waals surface area contributed by atoms with Crippen LogP contribution in [-0.2, 0) is 10.0 Å². The average molecular weight is 237 g/mol. The molecule has 0 aliphatic carbocycles. The number of nitrogens with one attached hydrogen (secondary N) is 1. The Morgan fingerprint density at radius 2 is 2.21 bits per heavy atom. The molecule has 1 unspecified atom stereocenters. The van der Waals surface area contributed by atoms with Gasteiger partial charge in [0, 0.05) is 11.3 Å². The van der Waals surface area contributed by atoms with Gasteiger partial charge in [-0.05, 0) is 31.9 Å². The normalized spacial score (nSPS) is 28.1. The van der Waals surface area contributed by atoms with Crippen molar-refractivity contribution in [2.75, 3.05) is 18.1 Å². The molecule has 84 valence electrons. The summed E-state index contributed by atoms with van der Waals surface area (Å²) in [5.74, 6) is 1.40. The summed E-state index contributed by atoms with van der Waals surface area (Å²) in [4.78, 5) is 0. The van der Waals surface area contributed by atoms with Crippen molar-refractivity contribution in [3.05, 3.63) is 0 Å². The molecule has 1 heterocycles. The van der Waals surface area contributed by atoms with Crippen LogP contribution in [0.5, 0.6) is 0 Å². The smallest absolute Gasteiger partial charge is 0.211 e. The average Bonchev–Trinajstić information content (AvgIpc) is 2.50. The minimum absolute atomic E-state index is 0.126. The van der Waals surface area contributed by atoms with Crippen molar-refractivity contribution in [3.63, 3.8) is 0 Å². The van der Waals surface area contributed by atoms with Gasteiger partial charge in [0.2, 0.25) is 10.0 Å². The van der Waals surface area contributed by atoms with Crippen molar-refractivity contribution in [2.24, 2.45) is 0 Å². The van der Waals surface area contributed by atoms with E-state index in [4.69, 9.17) is 0 Å². The first-order chi connectivity index (χ1) is 6.47. The van der Waals surface area contributed by atoms with Crippen LogP contribution < -0.4 is 4.72 Å². The van der Waals surface area contributed by atoms with Crippen LogP contribution in [0.25, 0.3) is 0 Å². The van der Waals surface area contributed by atoms with Crippen molar-refractivity contribution in [2.45, 2.75) is 37.9 Å². The van der Waals surface area contributed by atoms with E-state index >= 15 is 0 Å². The minimum Gasteiger partial charge on any atom is -0.214 e. The third-order valence-electron chi connectivity index (χ3n) is 2.44. The Hall–Kier alpha value is 0.260. The third kappa shape index (κ3) is 3.79. The highest BCUT2D eigenvalue weighted by Crippen LogP contribution is 2.37. The Labute approximate surface area is 91.1 Å². The SMILES string of the molecule is CCCS(=O)(=O)NCC1(C)CCCS1. The molecule has 1 atom stereocenters. The Balaban J connectivity index is 2.39. The first-order valence-corrected chi connectivity index (χ1v) is 7.72. The van der Waals surface area contributed by atoms with Crippen LogP contribution in [-0.4, -0.2) is 31.2 Å². The summed E-state index contributed by atoms with van der Waals surface area (Å²) in [6.07, 6.45) is 3.00. The maximum absolute atomic E-state index is 11.4. The Morgan fingerprint density at radius 3 is 2.71 bits per heavy atom. The molecule has 0 spiro atoms. The van der Waals surface area contributed by atoms with E-state index in [1.54, 1.807) is 0 Å². The molecule has 5 heteroatoms. The van der Waals surface area contributed by atoms with Crippen LogP contribution in [0.1, 0.15) is 33.1 Å². The van der Waals surface area contributed by atoms with Gasteiger partial charge in [-0.25, -0.2) is 13.1 Å². The summed E-state index contributed by atoms with van der Waals surface area (Å²) in [5.41, 5.74) is 0.